The predicted octanol–water partition coefficient (Wildman–Crippen LogP) is 8.40. The van der Waals surface area contributed by atoms with Gasteiger partial charge in [-0.25, -0.2) is 16.8 Å². The van der Waals surface area contributed by atoms with Crippen molar-refractivity contribution in [3.63, 3.8) is 0 Å². The van der Waals surface area contributed by atoms with Crippen LogP contribution in [-0.2, 0) is 40.1 Å². The van der Waals surface area contributed by atoms with Crippen LogP contribution < -0.4 is 20.9 Å². The van der Waals surface area contributed by atoms with Gasteiger partial charge in [0.2, 0.25) is 0 Å². The van der Waals surface area contributed by atoms with Crippen LogP contribution in [-0.4, -0.2) is 72.8 Å². The van der Waals surface area contributed by atoms with Crippen molar-refractivity contribution in [2.24, 2.45) is 30.7 Å². The van der Waals surface area contributed by atoms with Gasteiger partial charge in [0, 0.05) is 28.6 Å². The molecule has 6 aromatic carbocycles. The van der Waals surface area contributed by atoms with Crippen molar-refractivity contribution < 1.29 is 52.6 Å². The summed E-state index contributed by atoms with van der Waals surface area (Å²) in [5.74, 6) is -0.465. The molecule has 21 nitrogen and oxygen atoms in total. The number of sulfone groups is 1. The standard InChI is InChI=1S/C38H35N9O12S5/c1-59-32-19-22(39)3-16-30(32)44-41-23-4-6-26(7-5-23)47-62(51,52)28-14-10-24(11-15-28)42-45-31-21-33(63(53,54)55)29-20-34(64(56,57)58)37(38(48)35(29)36(31)40)46-43-25-8-12-27(13-9-25)61(49,50)18-17-60-2/h3-16,19-21,47-48H,17-18,39-40H2,1-2H3,(H,53,54,55)(H,56,57,58). The number of benzene rings is 6. The second kappa shape index (κ2) is 18.7. The van der Waals surface area contributed by atoms with Crippen molar-refractivity contribution in [2.45, 2.75) is 19.6 Å². The molecule has 0 bridgehead atoms. The van der Waals surface area contributed by atoms with Gasteiger partial charge in [-0.1, -0.05) is 0 Å². The number of phenols is 1. The molecule has 0 amide bonds. The van der Waals surface area contributed by atoms with Crippen LogP contribution in [0.5, 0.6) is 11.5 Å². The Labute approximate surface area is 370 Å². The van der Waals surface area contributed by atoms with E-state index in [1.165, 1.54) is 91.7 Å². The summed E-state index contributed by atoms with van der Waals surface area (Å²) in [5, 5.41) is 34.0. The fourth-order valence-electron chi connectivity index (χ4n) is 5.74. The number of anilines is 3. The van der Waals surface area contributed by atoms with Gasteiger partial charge in [0.05, 0.1) is 50.8 Å². The van der Waals surface area contributed by atoms with Gasteiger partial charge in [-0.15, -0.1) is 15.3 Å². The summed E-state index contributed by atoms with van der Waals surface area (Å²) in [7, 11) is -16.8. The Morgan fingerprint density at radius 1 is 0.641 bits per heavy atom. The summed E-state index contributed by atoms with van der Waals surface area (Å²) in [6, 6.07) is 22.1. The van der Waals surface area contributed by atoms with Crippen molar-refractivity contribution in [3.8, 4) is 11.5 Å². The fourth-order valence-corrected chi connectivity index (χ4v) is 10.5. The molecule has 8 N–H and O–H groups in total. The van der Waals surface area contributed by atoms with E-state index in [9.17, 15) is 47.9 Å². The van der Waals surface area contributed by atoms with E-state index in [4.69, 9.17) is 16.2 Å². The number of sulfonamides is 1. The highest BCUT2D eigenvalue weighted by Gasteiger charge is 2.29. The number of ether oxygens (including phenoxy) is 1. The average Bonchev–Trinajstić information content (AvgIpc) is 3.24. The van der Waals surface area contributed by atoms with Crippen molar-refractivity contribution in [1.82, 2.24) is 0 Å². The maximum atomic E-state index is 13.2. The van der Waals surface area contributed by atoms with Crippen LogP contribution in [0.3, 0.4) is 0 Å². The first-order valence-corrected chi connectivity index (χ1v) is 25.3. The first-order chi connectivity index (χ1) is 30.1. The molecule has 0 unspecified atom stereocenters. The lowest BCUT2D eigenvalue weighted by Gasteiger charge is -2.14. The van der Waals surface area contributed by atoms with E-state index in [1.54, 1.807) is 24.5 Å². The van der Waals surface area contributed by atoms with Gasteiger partial charge < -0.3 is 21.3 Å². The van der Waals surface area contributed by atoms with E-state index >= 15 is 0 Å². The number of rotatable bonds is 16. The molecule has 6 rings (SSSR count). The van der Waals surface area contributed by atoms with Gasteiger partial charge in [-0.2, -0.15) is 43.9 Å². The maximum absolute atomic E-state index is 13.2. The molecule has 0 atom stereocenters. The molecular formula is C38H35N9O12S5. The minimum Gasteiger partial charge on any atom is -0.505 e. The third-order valence-corrected chi connectivity index (χ3v) is 14.7. The predicted molar refractivity (Wildman–Crippen MR) is 240 cm³/mol. The molecule has 0 spiro atoms. The smallest absolute Gasteiger partial charge is 0.296 e. The number of methoxy groups -OCH3 is 1. The van der Waals surface area contributed by atoms with Crippen LogP contribution in [0.25, 0.3) is 10.8 Å². The zero-order valence-electron chi connectivity index (χ0n) is 33.1. The van der Waals surface area contributed by atoms with E-state index in [2.05, 4.69) is 35.4 Å². The van der Waals surface area contributed by atoms with Crippen LogP contribution in [0.15, 0.2) is 153 Å². The molecule has 26 heteroatoms. The summed E-state index contributed by atoms with van der Waals surface area (Å²) < 4.78 is 130. The number of nitrogens with zero attached hydrogens (tertiary/aromatic N) is 6. The van der Waals surface area contributed by atoms with Crippen molar-refractivity contribution in [2.75, 3.05) is 41.1 Å². The van der Waals surface area contributed by atoms with Crippen molar-refractivity contribution in [1.29, 1.82) is 0 Å². The number of nitrogen functional groups attached to an aromatic ring is 2. The molecule has 0 saturated heterocycles. The van der Waals surface area contributed by atoms with Gasteiger partial charge in [-0.05, 0) is 103 Å². The first-order valence-electron chi connectivity index (χ1n) is 17.9. The van der Waals surface area contributed by atoms with Gasteiger partial charge >= 0.3 is 0 Å². The zero-order chi connectivity index (χ0) is 46.6. The zero-order valence-corrected chi connectivity index (χ0v) is 37.2. The van der Waals surface area contributed by atoms with Gasteiger partial charge in [0.25, 0.3) is 30.3 Å². The topological polar surface area (TPSA) is 345 Å². The number of thioether (sulfide) groups is 1. The molecule has 64 heavy (non-hydrogen) atoms. The largest absolute Gasteiger partial charge is 0.505 e. The summed E-state index contributed by atoms with van der Waals surface area (Å²) >= 11 is 1.34. The van der Waals surface area contributed by atoms with E-state index in [1.807, 2.05) is 0 Å². The Morgan fingerprint density at radius 2 is 1.17 bits per heavy atom. The highest BCUT2D eigenvalue weighted by atomic mass is 32.2. The van der Waals surface area contributed by atoms with E-state index in [0.29, 0.717) is 34.6 Å². The molecule has 0 saturated carbocycles. The van der Waals surface area contributed by atoms with Gasteiger partial charge in [0.15, 0.2) is 15.6 Å². The molecule has 0 aromatic heterocycles. The van der Waals surface area contributed by atoms with Crippen LogP contribution in [0.1, 0.15) is 0 Å². The Kier molecular flexibility index (Phi) is 13.7. The molecule has 0 heterocycles. The van der Waals surface area contributed by atoms with Gasteiger partial charge in [0.1, 0.15) is 32.6 Å². The number of hydrogen-bond acceptors (Lipinski definition) is 19. The summed E-state index contributed by atoms with van der Waals surface area (Å²) in [6.07, 6.45) is 1.75. The Bertz CT molecular complexity index is 3320. The third-order valence-electron chi connectivity index (χ3n) is 8.91. The van der Waals surface area contributed by atoms with Crippen LogP contribution in [0, 0.1) is 0 Å². The highest BCUT2D eigenvalue weighted by molar-refractivity contribution is 8.00. The molecule has 0 aliphatic heterocycles. The lowest BCUT2D eigenvalue weighted by atomic mass is 10.0. The monoisotopic (exact) mass is 969 g/mol. The first kappa shape index (κ1) is 46.9. The second-order valence-corrected chi connectivity index (χ2v) is 20.8. The lowest BCUT2D eigenvalue weighted by Crippen LogP contribution is -2.12. The third kappa shape index (κ3) is 10.8. The number of hydrogen-bond donors (Lipinski definition) is 6. The maximum Gasteiger partial charge on any atom is 0.296 e. The van der Waals surface area contributed by atoms with Crippen molar-refractivity contribution in [3.05, 3.63) is 103 Å². The Hall–Kier alpha value is -6.55. The van der Waals surface area contributed by atoms with E-state index < -0.39 is 83.5 Å². The number of nitrogens with one attached hydrogen (secondary N) is 1. The van der Waals surface area contributed by atoms with E-state index in [-0.39, 0.29) is 32.6 Å². The number of fused-ring (bicyclic) bond motifs is 1. The Balaban J connectivity index is 1.28. The Morgan fingerprint density at radius 3 is 1.72 bits per heavy atom. The summed E-state index contributed by atoms with van der Waals surface area (Å²) in [6.45, 7) is 0. The lowest BCUT2D eigenvalue weighted by molar-refractivity contribution is 0.416. The molecule has 0 radical (unpaired) electrons. The fraction of sp³-hybridized carbons (Fsp3) is 0.105. The molecular weight excluding hydrogens is 935 g/mol. The van der Waals surface area contributed by atoms with Crippen LogP contribution in [0.2, 0.25) is 0 Å². The molecule has 334 valence electrons. The number of aromatic hydroxyl groups is 1. The normalized spacial score (nSPS) is 12.8. The second-order valence-electron chi connectivity index (χ2n) is 13.2. The molecule has 6 aromatic rings. The molecule has 0 aliphatic carbocycles. The van der Waals surface area contributed by atoms with Crippen LogP contribution in [0.4, 0.5) is 51.2 Å². The number of azo groups is 3. The number of phenolic OH excluding ortho intramolecular Hbond substituents is 1. The van der Waals surface area contributed by atoms with Gasteiger partial charge in [-0.3, -0.25) is 13.8 Å². The van der Waals surface area contributed by atoms with Crippen molar-refractivity contribution >= 4 is 114 Å². The quantitative estimate of drug-likeness (QED) is 0.0301. The SMILES string of the molecule is COc1cc(N)ccc1N=Nc1ccc(NS(=O)(=O)c2ccc(N=Nc3cc(S(=O)(=O)O)c4cc(S(=O)(=O)O)c(N=Nc5ccc(S(=O)(=O)CCSC)cc5)c(O)c4c3N)cc2)cc1. The molecule has 0 fully saturated rings. The molecule has 0 aliphatic rings. The van der Waals surface area contributed by atoms with E-state index in [0.717, 1.165) is 6.07 Å². The summed E-state index contributed by atoms with van der Waals surface area (Å²) in [5.41, 5.74) is 11.7. The highest BCUT2D eigenvalue weighted by Crippen LogP contribution is 2.48. The minimum atomic E-state index is -5.28. The number of nitrogens with two attached hydrogens (primary N) is 2. The minimum absolute atomic E-state index is 0.0147. The summed E-state index contributed by atoms with van der Waals surface area (Å²) in [4.78, 5) is -2.33. The average molecular weight is 970 g/mol. The van der Waals surface area contributed by atoms with Crippen LogP contribution >= 0.6 is 11.8 Å².